The van der Waals surface area contributed by atoms with Crippen molar-refractivity contribution >= 4 is 18.1 Å². The van der Waals surface area contributed by atoms with Gasteiger partial charge >= 0.3 is 0 Å². The Morgan fingerprint density at radius 1 is 0.868 bits per heavy atom. The van der Waals surface area contributed by atoms with Gasteiger partial charge in [0.1, 0.15) is 17.7 Å². The molecule has 1 fully saturated rings. The van der Waals surface area contributed by atoms with Gasteiger partial charge in [-0.2, -0.15) is 0 Å². The number of pyridine rings is 1. The number of aromatic nitrogens is 1. The molecule has 2 aromatic heterocycles. The number of amides is 2. The van der Waals surface area contributed by atoms with Crippen molar-refractivity contribution in [3.63, 3.8) is 0 Å². The molecule has 0 spiro atoms. The molecule has 204 valence electrons. The Morgan fingerprint density at radius 3 is 2.08 bits per heavy atom. The zero-order chi connectivity index (χ0) is 27.6. The molecule has 8 heteroatoms. The molecule has 1 aromatic carbocycles. The van der Waals surface area contributed by atoms with Gasteiger partial charge in [0, 0.05) is 18.3 Å². The molecule has 1 saturated carbocycles. The maximum Gasteiger partial charge on any atom is 0.287 e. The van der Waals surface area contributed by atoms with Crippen LogP contribution in [-0.4, -0.2) is 43.7 Å². The number of aldehydes is 1. The molecule has 2 amide bonds. The monoisotopic (exact) mass is 520 g/mol. The summed E-state index contributed by atoms with van der Waals surface area (Å²) in [6, 6.07) is 14.4. The van der Waals surface area contributed by atoms with Crippen LogP contribution in [0.3, 0.4) is 0 Å². The van der Waals surface area contributed by atoms with E-state index in [2.05, 4.69) is 20.9 Å². The summed E-state index contributed by atoms with van der Waals surface area (Å²) in [5.74, 6) is 0.0160. The Hall–Kier alpha value is -3.78. The van der Waals surface area contributed by atoms with Crippen LogP contribution in [-0.2, 0) is 17.8 Å². The van der Waals surface area contributed by atoms with Gasteiger partial charge in [0.25, 0.3) is 11.8 Å². The molecule has 38 heavy (non-hydrogen) atoms. The number of benzene rings is 1. The molecule has 3 aromatic rings. The standard InChI is InChI=1S/C22H21N3O4.C6H12.C2H7N/c1-2-15-9-10-23-18(13-15)21(27)25-14-16-3-5-17(6-4-16)19-7-8-20(29-19)22(28)24-11-12-26;1-2-4-6-5-3-1;1-3-2/h3-10,12-13H,2,11,14H2,1H3,(H,24,28)(H,25,27);1-6H2;3H,1-2H3. The third-order valence-electron chi connectivity index (χ3n) is 5.83. The Morgan fingerprint density at radius 2 is 1.50 bits per heavy atom. The largest absolute Gasteiger partial charge is 0.451 e. The Balaban J connectivity index is 0.000000480. The Kier molecular flexibility index (Phi) is 14.1. The van der Waals surface area contributed by atoms with E-state index in [4.69, 9.17) is 4.42 Å². The number of nitrogens with zero attached hydrogens (tertiary/aromatic N) is 1. The van der Waals surface area contributed by atoms with Crippen molar-refractivity contribution in [1.82, 2.24) is 20.9 Å². The highest BCUT2D eigenvalue weighted by molar-refractivity contribution is 5.93. The van der Waals surface area contributed by atoms with Crippen molar-refractivity contribution in [2.45, 2.75) is 58.4 Å². The van der Waals surface area contributed by atoms with E-state index in [0.717, 1.165) is 23.1 Å². The second kappa shape index (κ2) is 17.6. The van der Waals surface area contributed by atoms with E-state index in [1.54, 1.807) is 24.4 Å². The highest BCUT2D eigenvalue weighted by Gasteiger charge is 2.12. The van der Waals surface area contributed by atoms with Crippen molar-refractivity contribution in [3.05, 3.63) is 77.3 Å². The molecule has 4 rings (SSSR count). The second-order valence-electron chi connectivity index (χ2n) is 8.94. The van der Waals surface area contributed by atoms with Gasteiger partial charge in [-0.05, 0) is 55.9 Å². The summed E-state index contributed by atoms with van der Waals surface area (Å²) in [6.45, 7) is 2.33. The van der Waals surface area contributed by atoms with Gasteiger partial charge in [0.05, 0.1) is 6.54 Å². The van der Waals surface area contributed by atoms with E-state index in [9.17, 15) is 14.4 Å². The number of rotatable bonds is 8. The summed E-state index contributed by atoms with van der Waals surface area (Å²) in [7, 11) is 3.75. The fraction of sp³-hybridized carbons (Fsp3) is 0.400. The van der Waals surface area contributed by atoms with Crippen LogP contribution in [0.1, 0.15) is 77.6 Å². The van der Waals surface area contributed by atoms with E-state index in [0.29, 0.717) is 24.3 Å². The lowest BCUT2D eigenvalue weighted by atomic mass is 10.0. The molecule has 8 nitrogen and oxygen atoms in total. The van der Waals surface area contributed by atoms with Crippen molar-refractivity contribution in [2.75, 3.05) is 20.6 Å². The minimum atomic E-state index is -0.441. The van der Waals surface area contributed by atoms with E-state index in [-0.39, 0.29) is 18.2 Å². The van der Waals surface area contributed by atoms with E-state index in [1.165, 1.54) is 38.5 Å². The van der Waals surface area contributed by atoms with Gasteiger partial charge in [-0.15, -0.1) is 0 Å². The number of nitrogens with one attached hydrogen (secondary N) is 3. The number of aryl methyl sites for hydroxylation is 1. The fourth-order valence-corrected chi connectivity index (χ4v) is 3.78. The molecule has 1 aliphatic rings. The summed E-state index contributed by atoms with van der Waals surface area (Å²) < 4.78 is 5.54. The van der Waals surface area contributed by atoms with Crippen LogP contribution in [0.4, 0.5) is 0 Å². The number of hydrogen-bond donors (Lipinski definition) is 3. The van der Waals surface area contributed by atoms with Crippen molar-refractivity contribution < 1.29 is 18.8 Å². The van der Waals surface area contributed by atoms with Gasteiger partial charge in [0.15, 0.2) is 5.76 Å². The van der Waals surface area contributed by atoms with Crippen LogP contribution in [0.15, 0.2) is 59.1 Å². The number of carbonyl (C=O) groups is 3. The Labute approximate surface area is 225 Å². The minimum absolute atomic E-state index is 0.0620. The zero-order valence-corrected chi connectivity index (χ0v) is 22.7. The van der Waals surface area contributed by atoms with E-state index in [1.807, 2.05) is 51.4 Å². The van der Waals surface area contributed by atoms with Crippen molar-refractivity contribution in [3.8, 4) is 11.3 Å². The molecule has 0 unspecified atom stereocenters. The molecule has 1 aliphatic carbocycles. The fourth-order valence-electron chi connectivity index (χ4n) is 3.78. The summed E-state index contributed by atoms with van der Waals surface area (Å²) in [5.41, 5.74) is 3.18. The molecule has 0 saturated heterocycles. The summed E-state index contributed by atoms with van der Waals surface area (Å²) >= 11 is 0. The van der Waals surface area contributed by atoms with Crippen molar-refractivity contribution in [1.29, 1.82) is 0 Å². The predicted octanol–water partition coefficient (Wildman–Crippen LogP) is 4.94. The minimum Gasteiger partial charge on any atom is -0.451 e. The maximum absolute atomic E-state index is 12.3. The van der Waals surface area contributed by atoms with Crippen LogP contribution in [0.25, 0.3) is 11.3 Å². The topological polar surface area (TPSA) is 113 Å². The normalized spacial score (nSPS) is 12.2. The summed E-state index contributed by atoms with van der Waals surface area (Å²) in [6.07, 6.45) is 12.1. The molecule has 0 bridgehead atoms. The first-order valence-electron chi connectivity index (χ1n) is 13.2. The number of carbonyl (C=O) groups excluding carboxylic acids is 3. The quantitative estimate of drug-likeness (QED) is 0.363. The average Bonchev–Trinajstić information content (AvgIpc) is 3.47. The summed E-state index contributed by atoms with van der Waals surface area (Å²) in [5, 5.41) is 8.03. The highest BCUT2D eigenvalue weighted by Crippen LogP contribution is 2.22. The molecule has 2 heterocycles. The first-order valence-corrected chi connectivity index (χ1v) is 13.2. The van der Waals surface area contributed by atoms with Crippen LogP contribution < -0.4 is 16.0 Å². The smallest absolute Gasteiger partial charge is 0.287 e. The molecule has 0 radical (unpaired) electrons. The van der Waals surface area contributed by atoms with Gasteiger partial charge in [-0.25, -0.2) is 0 Å². The zero-order valence-electron chi connectivity index (χ0n) is 22.7. The highest BCUT2D eigenvalue weighted by atomic mass is 16.3. The van der Waals surface area contributed by atoms with Crippen molar-refractivity contribution in [2.24, 2.45) is 0 Å². The molecule has 3 N–H and O–H groups in total. The molecular weight excluding hydrogens is 480 g/mol. The van der Waals surface area contributed by atoms with Crippen LogP contribution in [0, 0.1) is 0 Å². The Bertz CT molecular complexity index is 1110. The van der Waals surface area contributed by atoms with Crippen LogP contribution in [0.2, 0.25) is 0 Å². The third kappa shape index (κ3) is 10.7. The SMILES string of the molecule is C1CCCCC1.CCc1ccnc(C(=O)NCc2ccc(-c3ccc(C(=O)NCC=O)o3)cc2)c1.CNC. The maximum atomic E-state index is 12.3. The first kappa shape index (κ1) is 30.4. The van der Waals surface area contributed by atoms with Gasteiger partial charge in [-0.1, -0.05) is 69.7 Å². The lowest BCUT2D eigenvalue weighted by molar-refractivity contribution is -0.107. The molecular formula is C30H40N4O4. The average molecular weight is 521 g/mol. The van der Waals surface area contributed by atoms with E-state index >= 15 is 0 Å². The van der Waals surface area contributed by atoms with Gasteiger partial charge in [-0.3, -0.25) is 14.6 Å². The van der Waals surface area contributed by atoms with Crippen LogP contribution >= 0.6 is 0 Å². The molecule has 0 atom stereocenters. The van der Waals surface area contributed by atoms with Crippen LogP contribution in [0.5, 0.6) is 0 Å². The number of furan rings is 1. The first-order chi connectivity index (χ1) is 18.5. The lowest BCUT2D eigenvalue weighted by Gasteiger charge is -2.06. The van der Waals surface area contributed by atoms with E-state index < -0.39 is 5.91 Å². The third-order valence-corrected chi connectivity index (χ3v) is 5.83. The molecule has 0 aliphatic heterocycles. The lowest BCUT2D eigenvalue weighted by Crippen LogP contribution is -2.24. The predicted molar refractivity (Wildman–Crippen MR) is 150 cm³/mol. The van der Waals surface area contributed by atoms with Gasteiger partial charge < -0.3 is 25.2 Å². The number of hydrogen-bond acceptors (Lipinski definition) is 6. The summed E-state index contributed by atoms with van der Waals surface area (Å²) in [4.78, 5) is 38.5. The van der Waals surface area contributed by atoms with Gasteiger partial charge in [0.2, 0.25) is 0 Å². The second-order valence-corrected chi connectivity index (χ2v) is 8.94.